The van der Waals surface area contributed by atoms with Crippen LogP contribution in [-0.2, 0) is 9.59 Å². The van der Waals surface area contributed by atoms with Crippen molar-refractivity contribution in [2.24, 2.45) is 5.92 Å². The third-order valence-corrected chi connectivity index (χ3v) is 3.63. The van der Waals surface area contributed by atoms with Gasteiger partial charge in [-0.25, -0.2) is 0 Å². The lowest BCUT2D eigenvalue weighted by Crippen LogP contribution is -2.35. The zero-order valence-corrected chi connectivity index (χ0v) is 11.4. The van der Waals surface area contributed by atoms with Crippen LogP contribution in [0, 0.1) is 5.92 Å². The number of carboxylic acids is 1. The number of aliphatic carboxylic acids is 1. The van der Waals surface area contributed by atoms with Gasteiger partial charge >= 0.3 is 5.97 Å². The van der Waals surface area contributed by atoms with Crippen molar-refractivity contribution in [2.45, 2.75) is 58.3 Å². The first-order chi connectivity index (χ1) is 8.63. The lowest BCUT2D eigenvalue weighted by atomic mass is 9.86. The van der Waals surface area contributed by atoms with Gasteiger partial charge in [0.1, 0.15) is 0 Å². The van der Waals surface area contributed by atoms with Gasteiger partial charge in [0.15, 0.2) is 0 Å². The van der Waals surface area contributed by atoms with Crippen LogP contribution in [0.15, 0.2) is 0 Å². The Morgan fingerprint density at radius 3 is 2.39 bits per heavy atom. The van der Waals surface area contributed by atoms with Crippen molar-refractivity contribution in [3.63, 3.8) is 0 Å². The maximum atomic E-state index is 12.1. The van der Waals surface area contributed by atoms with Crippen LogP contribution in [0.3, 0.4) is 0 Å². The molecule has 0 aliphatic heterocycles. The van der Waals surface area contributed by atoms with E-state index in [0.29, 0.717) is 25.4 Å². The molecule has 1 rings (SSSR count). The quantitative estimate of drug-likeness (QED) is 0.761. The summed E-state index contributed by atoms with van der Waals surface area (Å²) >= 11 is 0. The fourth-order valence-electron chi connectivity index (χ4n) is 2.63. The van der Waals surface area contributed by atoms with E-state index >= 15 is 0 Å². The molecule has 18 heavy (non-hydrogen) atoms. The Bertz CT molecular complexity index is 272. The van der Waals surface area contributed by atoms with Crippen LogP contribution in [0.4, 0.5) is 0 Å². The van der Waals surface area contributed by atoms with Gasteiger partial charge in [-0.3, -0.25) is 9.59 Å². The molecule has 0 aromatic rings. The molecule has 0 radical (unpaired) electrons. The molecule has 0 unspecified atom stereocenters. The van der Waals surface area contributed by atoms with Crippen molar-refractivity contribution in [1.29, 1.82) is 0 Å². The van der Waals surface area contributed by atoms with Crippen molar-refractivity contribution in [3.8, 4) is 0 Å². The topological polar surface area (TPSA) is 57.6 Å². The molecule has 1 saturated carbocycles. The van der Waals surface area contributed by atoms with Gasteiger partial charge in [0, 0.05) is 19.5 Å². The van der Waals surface area contributed by atoms with E-state index in [0.717, 1.165) is 19.3 Å². The molecule has 4 heteroatoms. The summed E-state index contributed by atoms with van der Waals surface area (Å²) in [6.07, 6.45) is 7.63. The van der Waals surface area contributed by atoms with Crippen molar-refractivity contribution in [2.75, 3.05) is 13.1 Å². The molecule has 0 saturated heterocycles. The Balaban J connectivity index is 2.39. The van der Waals surface area contributed by atoms with E-state index in [1.54, 1.807) is 4.90 Å². The van der Waals surface area contributed by atoms with E-state index in [1.165, 1.54) is 19.3 Å². The molecule has 1 aliphatic rings. The highest BCUT2D eigenvalue weighted by atomic mass is 16.4. The Morgan fingerprint density at radius 1 is 1.17 bits per heavy atom. The summed E-state index contributed by atoms with van der Waals surface area (Å²) in [6.45, 7) is 3.05. The Hall–Kier alpha value is -1.06. The first-order valence-electron chi connectivity index (χ1n) is 7.13. The van der Waals surface area contributed by atoms with Crippen LogP contribution in [0.1, 0.15) is 58.3 Å². The highest BCUT2D eigenvalue weighted by molar-refractivity contribution is 5.77. The Kier molecular flexibility index (Phi) is 6.76. The number of carbonyl (C=O) groups excluding carboxylic acids is 1. The fraction of sp³-hybridized carbons (Fsp3) is 0.857. The maximum Gasteiger partial charge on any atom is 0.305 e. The average Bonchev–Trinajstić information content (AvgIpc) is 2.35. The number of nitrogens with zero attached hydrogens (tertiary/aromatic N) is 1. The summed E-state index contributed by atoms with van der Waals surface area (Å²) in [5.41, 5.74) is 0. The van der Waals surface area contributed by atoms with Gasteiger partial charge in [-0.15, -0.1) is 0 Å². The van der Waals surface area contributed by atoms with E-state index in [2.05, 4.69) is 0 Å². The Labute approximate surface area is 109 Å². The minimum atomic E-state index is -0.832. The molecule has 0 atom stereocenters. The molecule has 1 N–H and O–H groups in total. The third kappa shape index (κ3) is 5.52. The normalized spacial score (nSPS) is 16.5. The van der Waals surface area contributed by atoms with Gasteiger partial charge in [0.05, 0.1) is 6.42 Å². The summed E-state index contributed by atoms with van der Waals surface area (Å²) in [5, 5.41) is 8.70. The number of carboxylic acid groups (broad SMARTS) is 1. The van der Waals surface area contributed by atoms with Crippen LogP contribution in [0.25, 0.3) is 0 Å². The van der Waals surface area contributed by atoms with Crippen LogP contribution >= 0.6 is 0 Å². The summed E-state index contributed by atoms with van der Waals surface area (Å²) in [7, 11) is 0. The van der Waals surface area contributed by atoms with Crippen molar-refractivity contribution in [1.82, 2.24) is 4.90 Å². The lowest BCUT2D eigenvalue weighted by Gasteiger charge is -2.26. The number of carbonyl (C=O) groups is 2. The molecule has 1 fully saturated rings. The van der Waals surface area contributed by atoms with E-state index in [4.69, 9.17) is 5.11 Å². The smallest absolute Gasteiger partial charge is 0.305 e. The van der Waals surface area contributed by atoms with Gasteiger partial charge in [0.25, 0.3) is 0 Å². The molecule has 1 amide bonds. The zero-order chi connectivity index (χ0) is 13.4. The first-order valence-corrected chi connectivity index (χ1v) is 7.13. The predicted octanol–water partition coefficient (Wildman–Crippen LogP) is 2.67. The van der Waals surface area contributed by atoms with Gasteiger partial charge in [-0.1, -0.05) is 26.2 Å². The zero-order valence-electron chi connectivity index (χ0n) is 11.4. The van der Waals surface area contributed by atoms with E-state index in [1.807, 2.05) is 6.92 Å². The summed E-state index contributed by atoms with van der Waals surface area (Å²) in [6, 6.07) is 0. The van der Waals surface area contributed by atoms with Crippen molar-refractivity contribution < 1.29 is 14.7 Å². The van der Waals surface area contributed by atoms with Crippen LogP contribution in [0.5, 0.6) is 0 Å². The van der Waals surface area contributed by atoms with Crippen molar-refractivity contribution >= 4 is 11.9 Å². The highest BCUT2D eigenvalue weighted by Gasteiger charge is 2.20. The van der Waals surface area contributed by atoms with Gasteiger partial charge in [0.2, 0.25) is 5.91 Å². The second-order valence-corrected chi connectivity index (χ2v) is 5.23. The predicted molar refractivity (Wildman–Crippen MR) is 70.3 cm³/mol. The van der Waals surface area contributed by atoms with Gasteiger partial charge in [-0.05, 0) is 25.2 Å². The first kappa shape index (κ1) is 15.0. The molecule has 0 aromatic heterocycles. The van der Waals surface area contributed by atoms with Gasteiger partial charge < -0.3 is 10.0 Å². The number of amides is 1. The summed E-state index contributed by atoms with van der Waals surface area (Å²) < 4.78 is 0. The number of rotatable bonds is 7. The highest BCUT2D eigenvalue weighted by Crippen LogP contribution is 2.26. The second-order valence-electron chi connectivity index (χ2n) is 5.23. The molecule has 104 valence electrons. The largest absolute Gasteiger partial charge is 0.481 e. The van der Waals surface area contributed by atoms with E-state index in [9.17, 15) is 9.59 Å². The SMILES string of the molecule is CCCN(CCC(=O)O)C(=O)CC1CCCCC1. The second kappa shape index (κ2) is 8.11. The third-order valence-electron chi connectivity index (χ3n) is 3.63. The molecule has 1 aliphatic carbocycles. The van der Waals surface area contributed by atoms with Gasteiger partial charge in [-0.2, -0.15) is 0 Å². The Morgan fingerprint density at radius 2 is 1.83 bits per heavy atom. The molecule has 0 bridgehead atoms. The summed E-state index contributed by atoms with van der Waals surface area (Å²) in [4.78, 5) is 24.5. The summed E-state index contributed by atoms with van der Waals surface area (Å²) in [5.74, 6) is -0.165. The molecule has 4 nitrogen and oxygen atoms in total. The molecule has 0 spiro atoms. The fourth-order valence-corrected chi connectivity index (χ4v) is 2.63. The molecule has 0 heterocycles. The van der Waals surface area contributed by atoms with E-state index in [-0.39, 0.29) is 12.3 Å². The lowest BCUT2D eigenvalue weighted by molar-refractivity contribution is -0.138. The van der Waals surface area contributed by atoms with Crippen LogP contribution in [0.2, 0.25) is 0 Å². The standard InChI is InChI=1S/C14H25NO3/c1-2-9-15(10-8-14(17)18)13(16)11-12-6-4-3-5-7-12/h12H,2-11H2,1H3,(H,17,18). The van der Waals surface area contributed by atoms with Crippen LogP contribution in [-0.4, -0.2) is 35.0 Å². The van der Waals surface area contributed by atoms with Crippen LogP contribution < -0.4 is 0 Å². The molecular weight excluding hydrogens is 230 g/mol. The number of hydrogen-bond donors (Lipinski definition) is 1. The monoisotopic (exact) mass is 255 g/mol. The molecular formula is C14H25NO3. The average molecular weight is 255 g/mol. The minimum absolute atomic E-state index is 0.0520. The minimum Gasteiger partial charge on any atom is -0.481 e. The van der Waals surface area contributed by atoms with E-state index < -0.39 is 5.97 Å². The molecule has 0 aromatic carbocycles. The van der Waals surface area contributed by atoms with Crippen molar-refractivity contribution in [3.05, 3.63) is 0 Å². The number of hydrogen-bond acceptors (Lipinski definition) is 2. The maximum absolute atomic E-state index is 12.1.